The minimum absolute atomic E-state index is 0.191. The number of hydrogen-bond acceptors (Lipinski definition) is 4. The minimum Gasteiger partial charge on any atom is -0.381 e. The van der Waals surface area contributed by atoms with Gasteiger partial charge in [0, 0.05) is 0 Å². The third-order valence-corrected chi connectivity index (χ3v) is 1.38. The van der Waals surface area contributed by atoms with Crippen LogP contribution in [0.4, 0.5) is 5.82 Å². The van der Waals surface area contributed by atoms with Crippen LogP contribution in [0, 0.1) is 23.2 Å². The summed E-state index contributed by atoms with van der Waals surface area (Å²) in [6.07, 6.45) is 0. The second kappa shape index (κ2) is 4.15. The van der Waals surface area contributed by atoms with E-state index in [1.807, 2.05) is 6.07 Å². The summed E-state index contributed by atoms with van der Waals surface area (Å²) in [5, 5.41) is 17.8. The van der Waals surface area contributed by atoms with Crippen LogP contribution in [0.5, 0.6) is 0 Å². The van der Waals surface area contributed by atoms with Crippen LogP contribution in [0.2, 0.25) is 0 Å². The van der Waals surface area contributed by atoms with Crippen LogP contribution < -0.4 is 11.1 Å². The van der Waals surface area contributed by atoms with E-state index in [4.69, 9.17) is 11.0 Å². The van der Waals surface area contributed by atoms with Crippen molar-refractivity contribution in [3.05, 3.63) is 11.3 Å². The van der Waals surface area contributed by atoms with Gasteiger partial charge in [-0.15, -0.1) is 0 Å². The summed E-state index contributed by atoms with van der Waals surface area (Å²) in [5.74, 6) is 5.74. The lowest BCUT2D eigenvalue weighted by molar-refractivity contribution is 0.937. The molecule has 0 saturated heterocycles. The van der Waals surface area contributed by atoms with Gasteiger partial charge in [0.25, 0.3) is 0 Å². The molecule has 5 heteroatoms. The molecule has 0 atom stereocenters. The van der Waals surface area contributed by atoms with Crippen LogP contribution in [0.15, 0.2) is 0 Å². The quantitative estimate of drug-likeness (QED) is 0.499. The molecule has 0 fully saturated rings. The zero-order valence-electron chi connectivity index (χ0n) is 7.18. The number of nitrogen functional groups attached to an aromatic ring is 1. The van der Waals surface area contributed by atoms with E-state index in [0.717, 1.165) is 0 Å². The number of rotatable bonds is 1. The molecule has 66 valence electrons. The Morgan fingerprint density at radius 1 is 1.69 bits per heavy atom. The topological polar surface area (TPSA) is 90.5 Å². The first-order chi connectivity index (χ1) is 6.29. The Hall–Kier alpha value is -1.98. The van der Waals surface area contributed by atoms with E-state index < -0.39 is 0 Å². The molecular weight excluding hydrogens is 166 g/mol. The van der Waals surface area contributed by atoms with Crippen molar-refractivity contribution in [2.75, 3.05) is 19.3 Å². The molecule has 0 unspecified atom stereocenters. The summed E-state index contributed by atoms with van der Waals surface area (Å²) in [4.78, 5) is 0. The SMILES string of the molecule is CNCC#Cc1[nH]nc(N)c1C#N. The lowest BCUT2D eigenvalue weighted by Crippen LogP contribution is -2.04. The van der Waals surface area contributed by atoms with Gasteiger partial charge in [-0.25, -0.2) is 0 Å². The summed E-state index contributed by atoms with van der Waals surface area (Å²) in [5.41, 5.74) is 6.18. The first-order valence-corrected chi connectivity index (χ1v) is 3.67. The molecule has 0 aliphatic carbocycles. The highest BCUT2D eigenvalue weighted by molar-refractivity contribution is 5.56. The zero-order valence-corrected chi connectivity index (χ0v) is 7.18. The Bertz CT molecular complexity index is 387. The van der Waals surface area contributed by atoms with Crippen molar-refractivity contribution in [1.29, 1.82) is 5.26 Å². The molecule has 13 heavy (non-hydrogen) atoms. The number of aromatic amines is 1. The smallest absolute Gasteiger partial charge is 0.164 e. The summed E-state index contributed by atoms with van der Waals surface area (Å²) >= 11 is 0. The standard InChI is InChI=1S/C8H9N5/c1-11-4-2-3-7-6(5-9)8(10)13-12-7/h11H,4H2,1H3,(H3,10,12,13). The molecule has 1 aromatic rings. The van der Waals surface area contributed by atoms with E-state index in [0.29, 0.717) is 17.8 Å². The average molecular weight is 175 g/mol. The lowest BCUT2D eigenvalue weighted by Gasteiger charge is -1.84. The normalized spacial score (nSPS) is 8.62. The van der Waals surface area contributed by atoms with Crippen molar-refractivity contribution in [2.24, 2.45) is 0 Å². The Morgan fingerprint density at radius 2 is 2.46 bits per heavy atom. The van der Waals surface area contributed by atoms with E-state index in [2.05, 4.69) is 27.4 Å². The van der Waals surface area contributed by atoms with E-state index >= 15 is 0 Å². The van der Waals surface area contributed by atoms with Crippen LogP contribution in [0.3, 0.4) is 0 Å². The number of nitrogens with two attached hydrogens (primary N) is 1. The third kappa shape index (κ3) is 1.98. The number of nitrogens with zero attached hydrogens (tertiary/aromatic N) is 2. The third-order valence-electron chi connectivity index (χ3n) is 1.38. The van der Waals surface area contributed by atoms with Gasteiger partial charge in [0.1, 0.15) is 17.3 Å². The highest BCUT2D eigenvalue weighted by Crippen LogP contribution is 2.09. The van der Waals surface area contributed by atoms with Gasteiger partial charge in [-0.3, -0.25) is 5.10 Å². The largest absolute Gasteiger partial charge is 0.381 e. The van der Waals surface area contributed by atoms with Gasteiger partial charge in [-0.1, -0.05) is 5.92 Å². The lowest BCUT2D eigenvalue weighted by atomic mass is 10.2. The maximum Gasteiger partial charge on any atom is 0.164 e. The molecule has 1 rings (SSSR count). The van der Waals surface area contributed by atoms with Gasteiger partial charge in [-0.2, -0.15) is 10.4 Å². The highest BCUT2D eigenvalue weighted by atomic mass is 15.2. The van der Waals surface area contributed by atoms with Crippen LogP contribution >= 0.6 is 0 Å². The average Bonchev–Trinajstić information content (AvgIpc) is 2.47. The molecule has 0 spiro atoms. The van der Waals surface area contributed by atoms with Crippen LogP contribution in [-0.4, -0.2) is 23.8 Å². The van der Waals surface area contributed by atoms with Crippen LogP contribution in [0.1, 0.15) is 11.3 Å². The first-order valence-electron chi connectivity index (χ1n) is 3.67. The maximum atomic E-state index is 8.67. The van der Waals surface area contributed by atoms with Crippen molar-refractivity contribution < 1.29 is 0 Å². The summed E-state index contributed by atoms with van der Waals surface area (Å²) < 4.78 is 0. The molecule has 4 N–H and O–H groups in total. The van der Waals surface area contributed by atoms with Gasteiger partial charge < -0.3 is 11.1 Å². The van der Waals surface area contributed by atoms with E-state index in [1.165, 1.54) is 0 Å². The number of nitrogens with one attached hydrogen (secondary N) is 2. The number of anilines is 1. The van der Waals surface area contributed by atoms with Crippen molar-refractivity contribution in [3.8, 4) is 17.9 Å². The molecular formula is C8H9N5. The number of aromatic nitrogens is 2. The molecule has 0 amide bonds. The van der Waals surface area contributed by atoms with Crippen molar-refractivity contribution in [2.45, 2.75) is 0 Å². The Kier molecular flexibility index (Phi) is 2.91. The second-order valence-corrected chi connectivity index (χ2v) is 2.30. The fourth-order valence-electron chi connectivity index (χ4n) is 0.781. The number of nitriles is 1. The van der Waals surface area contributed by atoms with E-state index in [9.17, 15) is 0 Å². The van der Waals surface area contributed by atoms with Gasteiger partial charge in [-0.05, 0) is 13.0 Å². The molecule has 0 saturated carbocycles. The second-order valence-electron chi connectivity index (χ2n) is 2.30. The van der Waals surface area contributed by atoms with Crippen molar-refractivity contribution in [1.82, 2.24) is 15.5 Å². The van der Waals surface area contributed by atoms with Crippen molar-refractivity contribution >= 4 is 5.82 Å². The Morgan fingerprint density at radius 3 is 3.08 bits per heavy atom. The van der Waals surface area contributed by atoms with Gasteiger partial charge in [0.15, 0.2) is 5.82 Å². The molecule has 1 heterocycles. The Labute approximate surface area is 75.9 Å². The van der Waals surface area contributed by atoms with Gasteiger partial charge in [0.05, 0.1) is 6.54 Å². The molecule has 0 radical (unpaired) electrons. The van der Waals surface area contributed by atoms with Gasteiger partial charge in [0.2, 0.25) is 0 Å². The van der Waals surface area contributed by atoms with Crippen LogP contribution in [-0.2, 0) is 0 Å². The predicted octanol–water partition coefficient (Wildman–Crippen LogP) is -0.566. The Balaban J connectivity index is 2.92. The molecule has 5 nitrogen and oxygen atoms in total. The van der Waals surface area contributed by atoms with E-state index in [1.54, 1.807) is 7.05 Å². The van der Waals surface area contributed by atoms with Crippen LogP contribution in [0.25, 0.3) is 0 Å². The number of H-pyrrole nitrogens is 1. The summed E-state index contributed by atoms with van der Waals surface area (Å²) in [7, 11) is 1.79. The monoisotopic (exact) mass is 175 g/mol. The molecule has 0 aromatic carbocycles. The summed E-state index contributed by atoms with van der Waals surface area (Å²) in [6, 6.07) is 1.93. The highest BCUT2D eigenvalue weighted by Gasteiger charge is 2.06. The molecule has 0 aliphatic rings. The molecule has 1 aromatic heterocycles. The minimum atomic E-state index is 0.191. The molecule has 0 bridgehead atoms. The van der Waals surface area contributed by atoms with Crippen molar-refractivity contribution in [3.63, 3.8) is 0 Å². The first kappa shape index (κ1) is 9.11. The van der Waals surface area contributed by atoms with E-state index in [-0.39, 0.29) is 5.82 Å². The maximum absolute atomic E-state index is 8.67. The fraction of sp³-hybridized carbons (Fsp3) is 0.250. The predicted molar refractivity (Wildman–Crippen MR) is 48.5 cm³/mol. The zero-order chi connectivity index (χ0) is 9.68. The number of hydrogen-bond donors (Lipinski definition) is 3. The summed E-state index contributed by atoms with van der Waals surface area (Å²) in [6.45, 7) is 0.559. The molecule has 0 aliphatic heterocycles. The fourth-order valence-corrected chi connectivity index (χ4v) is 0.781. The van der Waals surface area contributed by atoms with Gasteiger partial charge >= 0.3 is 0 Å².